The fourth-order valence-corrected chi connectivity index (χ4v) is 8.61. The maximum absolute atomic E-state index is 13.4. The van der Waals surface area contributed by atoms with Gasteiger partial charge in [0, 0.05) is 12.8 Å². The van der Waals surface area contributed by atoms with E-state index in [2.05, 4.69) is 38.2 Å². The van der Waals surface area contributed by atoms with E-state index in [0.717, 1.165) is 70.6 Å². The number of nitrogens with one attached hydrogen (secondary N) is 1. The topological polar surface area (TPSA) is 111 Å². The largest absolute Gasteiger partial charge is 0.472 e. The van der Waals surface area contributed by atoms with E-state index in [0.29, 0.717) is 17.4 Å². The summed E-state index contributed by atoms with van der Waals surface area (Å²) in [4.78, 5) is 37.4. The molecule has 0 saturated heterocycles. The number of hydrogen-bond acceptors (Lipinski definition) is 6. The van der Waals surface area contributed by atoms with Crippen LogP contribution >= 0.6 is 7.82 Å². The maximum atomic E-state index is 13.4. The summed E-state index contributed by atoms with van der Waals surface area (Å²) in [6.45, 7) is 7.00. The Bertz CT molecular complexity index is 1160. The molecule has 3 unspecified atom stereocenters. The third-order valence-corrected chi connectivity index (χ3v) is 13.1. The summed E-state index contributed by atoms with van der Waals surface area (Å²) in [5, 5.41) is 3.04. The molecule has 0 aromatic carbocycles. The molecule has 378 valence electrons. The second kappa shape index (κ2) is 45.3. The quantitative estimate of drug-likeness (QED) is 0.0205. The SMILES string of the molecule is CCCCCCCC/C=C\CCCCCC(=O)OC(/C=C/CCCCCCCCCCCC)C(COP(=O)(O)OCC[N+](C)(C)C)NC(=O)CCCCCCCCCCCCCCC. The zero-order valence-corrected chi connectivity index (χ0v) is 43.9. The number of likely N-dealkylation sites (N-methyl/N-ethyl adjacent to an activating group) is 1. The molecule has 0 aliphatic rings. The number of phosphoric ester groups is 1. The molecule has 0 aliphatic carbocycles. The average molecular weight is 926 g/mol. The molecular formula is C54H106N2O7P+. The second-order valence-electron chi connectivity index (χ2n) is 19.8. The number of nitrogens with zero attached hydrogens (tertiary/aromatic N) is 1. The summed E-state index contributed by atoms with van der Waals surface area (Å²) in [6, 6.07) is -0.846. The number of hydrogen-bond donors (Lipinski definition) is 2. The minimum atomic E-state index is -4.43. The van der Waals surface area contributed by atoms with E-state index in [1.54, 1.807) is 0 Å². The first-order valence-electron chi connectivity index (χ1n) is 27.2. The molecule has 0 heterocycles. The molecule has 0 spiro atoms. The highest BCUT2D eigenvalue weighted by atomic mass is 31.2. The first-order chi connectivity index (χ1) is 30.9. The number of rotatable bonds is 49. The minimum absolute atomic E-state index is 0.0411. The van der Waals surface area contributed by atoms with Gasteiger partial charge in [-0.15, -0.1) is 0 Å². The van der Waals surface area contributed by atoms with Crippen LogP contribution in [0.25, 0.3) is 0 Å². The molecule has 0 aromatic rings. The smallest absolute Gasteiger partial charge is 0.456 e. The van der Waals surface area contributed by atoms with Crippen LogP contribution in [0.3, 0.4) is 0 Å². The van der Waals surface area contributed by atoms with Gasteiger partial charge in [0.25, 0.3) is 0 Å². The van der Waals surface area contributed by atoms with Crippen molar-refractivity contribution in [1.82, 2.24) is 5.32 Å². The van der Waals surface area contributed by atoms with Gasteiger partial charge in [-0.2, -0.15) is 0 Å². The van der Waals surface area contributed by atoms with E-state index in [1.165, 1.54) is 154 Å². The lowest BCUT2D eigenvalue weighted by Gasteiger charge is -2.27. The van der Waals surface area contributed by atoms with Gasteiger partial charge in [-0.05, 0) is 57.4 Å². The average Bonchev–Trinajstić information content (AvgIpc) is 3.25. The van der Waals surface area contributed by atoms with Crippen LogP contribution in [0.5, 0.6) is 0 Å². The van der Waals surface area contributed by atoms with Crippen LogP contribution in [0.1, 0.15) is 258 Å². The molecule has 3 atom stereocenters. The molecule has 1 amide bonds. The Labute approximate surface area is 396 Å². The number of carbonyl (C=O) groups is 2. The molecule has 64 heavy (non-hydrogen) atoms. The number of esters is 1. The third kappa shape index (κ3) is 45.6. The van der Waals surface area contributed by atoms with Crippen molar-refractivity contribution in [3.63, 3.8) is 0 Å². The minimum Gasteiger partial charge on any atom is -0.456 e. The van der Waals surface area contributed by atoms with Crippen LogP contribution in [-0.4, -0.2) is 74.3 Å². The summed E-state index contributed by atoms with van der Waals surface area (Å²) in [5.74, 6) is -0.515. The highest BCUT2D eigenvalue weighted by molar-refractivity contribution is 7.47. The summed E-state index contributed by atoms with van der Waals surface area (Å²) in [5.41, 5.74) is 0. The number of unbranched alkanes of at least 4 members (excludes halogenated alkanes) is 31. The predicted molar refractivity (Wildman–Crippen MR) is 273 cm³/mol. The van der Waals surface area contributed by atoms with E-state index in [4.69, 9.17) is 13.8 Å². The van der Waals surface area contributed by atoms with Gasteiger partial charge in [-0.3, -0.25) is 18.6 Å². The van der Waals surface area contributed by atoms with Crippen LogP contribution in [0.4, 0.5) is 0 Å². The zero-order chi connectivity index (χ0) is 47.3. The number of quaternary nitrogens is 1. The summed E-state index contributed by atoms with van der Waals surface area (Å²) < 4.78 is 30.5. The van der Waals surface area contributed by atoms with E-state index in [9.17, 15) is 19.0 Å². The first kappa shape index (κ1) is 62.5. The fraction of sp³-hybridized carbons (Fsp3) is 0.889. The van der Waals surface area contributed by atoms with Crippen LogP contribution in [0.2, 0.25) is 0 Å². The fourth-order valence-electron chi connectivity index (χ4n) is 7.88. The highest BCUT2D eigenvalue weighted by Gasteiger charge is 2.30. The number of amides is 1. The lowest BCUT2D eigenvalue weighted by atomic mass is 10.0. The number of carbonyl (C=O) groups excluding carboxylic acids is 2. The summed E-state index contributed by atoms with van der Waals surface area (Å²) >= 11 is 0. The lowest BCUT2D eigenvalue weighted by Crippen LogP contribution is -2.47. The molecule has 10 heteroatoms. The Morgan fingerprint density at radius 1 is 0.531 bits per heavy atom. The summed E-state index contributed by atoms with van der Waals surface area (Å²) in [6.07, 6.45) is 50.2. The number of phosphoric acid groups is 1. The first-order valence-corrected chi connectivity index (χ1v) is 28.7. The normalized spacial score (nSPS) is 14.0. The Morgan fingerprint density at radius 3 is 1.34 bits per heavy atom. The molecule has 0 fully saturated rings. The van der Waals surface area contributed by atoms with Gasteiger partial charge in [-0.25, -0.2) is 4.57 Å². The lowest BCUT2D eigenvalue weighted by molar-refractivity contribution is -0.870. The molecule has 0 bridgehead atoms. The van der Waals surface area contributed by atoms with Crippen molar-refractivity contribution >= 4 is 19.7 Å². The molecule has 9 nitrogen and oxygen atoms in total. The van der Waals surface area contributed by atoms with E-state index >= 15 is 0 Å². The van der Waals surface area contributed by atoms with Crippen molar-refractivity contribution in [2.45, 2.75) is 270 Å². The Kier molecular flexibility index (Phi) is 44.2. The van der Waals surface area contributed by atoms with Crippen molar-refractivity contribution in [3.8, 4) is 0 Å². The molecule has 0 radical (unpaired) electrons. The van der Waals surface area contributed by atoms with Crippen LogP contribution in [0, 0.1) is 0 Å². The van der Waals surface area contributed by atoms with Gasteiger partial charge < -0.3 is 19.4 Å². The third-order valence-electron chi connectivity index (χ3n) is 12.1. The van der Waals surface area contributed by atoms with Crippen LogP contribution in [0.15, 0.2) is 24.3 Å². The van der Waals surface area contributed by atoms with Crippen molar-refractivity contribution in [1.29, 1.82) is 0 Å². The Morgan fingerprint density at radius 2 is 0.906 bits per heavy atom. The molecule has 2 N–H and O–H groups in total. The number of allylic oxidation sites excluding steroid dienone is 3. The maximum Gasteiger partial charge on any atom is 0.472 e. The highest BCUT2D eigenvalue weighted by Crippen LogP contribution is 2.43. The van der Waals surface area contributed by atoms with Gasteiger partial charge in [0.2, 0.25) is 5.91 Å². The van der Waals surface area contributed by atoms with Crippen molar-refractivity contribution in [2.24, 2.45) is 0 Å². The van der Waals surface area contributed by atoms with Gasteiger partial charge >= 0.3 is 13.8 Å². The second-order valence-corrected chi connectivity index (χ2v) is 21.2. The van der Waals surface area contributed by atoms with Crippen molar-refractivity contribution in [2.75, 3.05) is 40.9 Å². The van der Waals surface area contributed by atoms with Crippen molar-refractivity contribution < 1.29 is 37.3 Å². The molecule has 0 aromatic heterocycles. The molecule has 0 rings (SSSR count). The molecule has 0 aliphatic heterocycles. The Balaban J connectivity index is 5.42. The van der Waals surface area contributed by atoms with Crippen molar-refractivity contribution in [3.05, 3.63) is 24.3 Å². The van der Waals surface area contributed by atoms with E-state index < -0.39 is 20.0 Å². The standard InChI is InChI=1S/C54H105N2O7P/c1-7-10-13-16-19-22-25-28-31-34-37-40-43-46-53(57)55-51(50-62-64(59,60)61-49-48-56(4,5)6)52(45-42-39-36-33-30-27-24-21-18-15-12-9-3)63-54(58)47-44-41-38-35-32-29-26-23-20-17-14-11-8-2/h29,32,42,45,51-52H,7-28,30-31,33-41,43-44,46-50H2,1-6H3,(H-,55,57,59,60)/p+1/b32-29-,45-42+. The zero-order valence-electron chi connectivity index (χ0n) is 43.0. The Hall–Kier alpha value is -1.51. The van der Waals surface area contributed by atoms with Gasteiger partial charge in [0.05, 0.1) is 33.8 Å². The predicted octanol–water partition coefficient (Wildman–Crippen LogP) is 15.8. The number of ether oxygens (including phenoxy) is 1. The summed E-state index contributed by atoms with van der Waals surface area (Å²) in [7, 11) is 1.50. The van der Waals surface area contributed by atoms with E-state index in [1.807, 2.05) is 33.3 Å². The van der Waals surface area contributed by atoms with Crippen LogP contribution in [-0.2, 0) is 27.9 Å². The van der Waals surface area contributed by atoms with Gasteiger partial charge in [0.15, 0.2) is 0 Å². The van der Waals surface area contributed by atoms with Gasteiger partial charge in [0.1, 0.15) is 19.3 Å². The monoisotopic (exact) mass is 926 g/mol. The van der Waals surface area contributed by atoms with E-state index in [-0.39, 0.29) is 31.5 Å². The van der Waals surface area contributed by atoms with Crippen LogP contribution < -0.4 is 5.32 Å². The molecule has 0 saturated carbocycles. The van der Waals surface area contributed by atoms with Gasteiger partial charge in [-0.1, -0.05) is 212 Å². The molecular weight excluding hydrogens is 820 g/mol.